The Kier molecular flexibility index (Phi) is 3.17. The highest BCUT2D eigenvalue weighted by Gasteiger charge is 2.22. The first-order chi connectivity index (χ1) is 8.33. The van der Waals surface area contributed by atoms with Crippen molar-refractivity contribution in [1.82, 2.24) is 10.2 Å². The van der Waals surface area contributed by atoms with Crippen molar-refractivity contribution in [3.8, 4) is 0 Å². The molecule has 3 rings (SSSR count). The molecule has 0 radical (unpaired) electrons. The van der Waals surface area contributed by atoms with Crippen molar-refractivity contribution >= 4 is 0 Å². The summed E-state index contributed by atoms with van der Waals surface area (Å²) < 4.78 is 0. The van der Waals surface area contributed by atoms with Crippen LogP contribution in [0.3, 0.4) is 0 Å². The Bertz CT molecular complexity index is 376. The van der Waals surface area contributed by atoms with Gasteiger partial charge in [-0.1, -0.05) is 24.3 Å². The Labute approximate surface area is 104 Å². The molecular weight excluding hydrogens is 208 g/mol. The predicted molar refractivity (Wildman–Crippen MR) is 71.5 cm³/mol. The lowest BCUT2D eigenvalue weighted by Crippen LogP contribution is -2.39. The minimum atomic E-state index is 0.765. The summed E-state index contributed by atoms with van der Waals surface area (Å²) in [5.74, 6) is 1.56. The van der Waals surface area contributed by atoms with Gasteiger partial charge in [0.2, 0.25) is 0 Å². The number of hydrogen-bond acceptors (Lipinski definition) is 2. The summed E-state index contributed by atoms with van der Waals surface area (Å²) >= 11 is 0. The smallest absolute Gasteiger partial charge is 0.00886 e. The van der Waals surface area contributed by atoms with Crippen molar-refractivity contribution in [2.24, 2.45) is 0 Å². The van der Waals surface area contributed by atoms with Gasteiger partial charge < -0.3 is 10.2 Å². The van der Waals surface area contributed by atoms with Crippen LogP contribution in [0.4, 0.5) is 0 Å². The molecule has 92 valence electrons. The van der Waals surface area contributed by atoms with E-state index in [1.54, 1.807) is 11.1 Å². The van der Waals surface area contributed by atoms with Crippen LogP contribution >= 0.6 is 0 Å². The third-order valence-electron chi connectivity index (χ3n) is 4.35. The molecule has 1 aromatic rings. The van der Waals surface area contributed by atoms with E-state index >= 15 is 0 Å². The van der Waals surface area contributed by atoms with E-state index in [-0.39, 0.29) is 0 Å². The topological polar surface area (TPSA) is 15.3 Å². The van der Waals surface area contributed by atoms with E-state index in [4.69, 9.17) is 0 Å². The van der Waals surface area contributed by atoms with Crippen LogP contribution in [-0.4, -0.2) is 38.1 Å². The molecule has 2 fully saturated rings. The number of benzene rings is 1. The van der Waals surface area contributed by atoms with Gasteiger partial charge in [-0.25, -0.2) is 0 Å². The van der Waals surface area contributed by atoms with Crippen LogP contribution in [0.5, 0.6) is 0 Å². The molecule has 2 heterocycles. The maximum atomic E-state index is 3.36. The molecule has 1 aromatic carbocycles. The molecule has 2 saturated heterocycles. The van der Waals surface area contributed by atoms with Crippen molar-refractivity contribution in [3.05, 3.63) is 35.4 Å². The molecule has 0 bridgehead atoms. The fourth-order valence-electron chi connectivity index (χ4n) is 2.93. The Morgan fingerprint density at radius 2 is 1.71 bits per heavy atom. The molecule has 1 N–H and O–H groups in total. The quantitative estimate of drug-likeness (QED) is 0.838. The summed E-state index contributed by atoms with van der Waals surface area (Å²) in [6, 6.07) is 9.33. The lowest BCUT2D eigenvalue weighted by atomic mass is 9.85. The Balaban J connectivity index is 1.73. The van der Waals surface area contributed by atoms with Crippen molar-refractivity contribution in [3.63, 3.8) is 0 Å². The maximum absolute atomic E-state index is 3.36. The van der Waals surface area contributed by atoms with Gasteiger partial charge in [-0.2, -0.15) is 0 Å². The highest BCUT2D eigenvalue weighted by atomic mass is 15.1. The van der Waals surface area contributed by atoms with Gasteiger partial charge in [0, 0.05) is 19.0 Å². The first-order valence-electron chi connectivity index (χ1n) is 6.82. The zero-order valence-electron chi connectivity index (χ0n) is 10.7. The van der Waals surface area contributed by atoms with Gasteiger partial charge in [-0.05, 0) is 50.0 Å². The van der Waals surface area contributed by atoms with E-state index in [1.807, 2.05) is 0 Å². The summed E-state index contributed by atoms with van der Waals surface area (Å²) in [6.07, 6.45) is 2.64. The van der Waals surface area contributed by atoms with Gasteiger partial charge in [0.1, 0.15) is 0 Å². The molecule has 2 aliphatic heterocycles. The van der Waals surface area contributed by atoms with E-state index in [9.17, 15) is 0 Å². The van der Waals surface area contributed by atoms with Crippen LogP contribution in [0.2, 0.25) is 0 Å². The van der Waals surface area contributed by atoms with Gasteiger partial charge in [-0.3, -0.25) is 0 Å². The van der Waals surface area contributed by atoms with Crippen molar-refractivity contribution in [2.75, 3.05) is 33.2 Å². The van der Waals surface area contributed by atoms with Crippen LogP contribution in [0.25, 0.3) is 0 Å². The Morgan fingerprint density at radius 1 is 1.06 bits per heavy atom. The average molecular weight is 230 g/mol. The molecule has 2 heteroatoms. The largest absolute Gasteiger partial charge is 0.315 e. The number of piperidine rings is 1. The van der Waals surface area contributed by atoms with Crippen molar-refractivity contribution < 1.29 is 0 Å². The molecule has 0 aliphatic carbocycles. The lowest BCUT2D eigenvalue weighted by molar-refractivity contribution is 0.255. The molecule has 0 amide bonds. The standard InChI is InChI=1S/C15H22N2/c1-17-7-5-12(6-8-17)13-3-2-4-14(9-13)15-10-16-11-15/h2-4,9,12,15-16H,5-8,10-11H2,1H3. The van der Waals surface area contributed by atoms with Gasteiger partial charge in [0.25, 0.3) is 0 Å². The van der Waals surface area contributed by atoms with E-state index in [1.165, 1.54) is 25.9 Å². The lowest BCUT2D eigenvalue weighted by Gasteiger charge is -2.31. The monoisotopic (exact) mass is 230 g/mol. The molecule has 2 nitrogen and oxygen atoms in total. The second kappa shape index (κ2) is 4.79. The molecule has 0 spiro atoms. The zero-order valence-corrected chi connectivity index (χ0v) is 10.7. The van der Waals surface area contributed by atoms with Crippen molar-refractivity contribution in [2.45, 2.75) is 24.7 Å². The average Bonchev–Trinajstić information content (AvgIpc) is 2.28. The minimum absolute atomic E-state index is 0.765. The SMILES string of the molecule is CN1CCC(c2cccc(C3CNC3)c2)CC1. The molecule has 2 aliphatic rings. The van der Waals surface area contributed by atoms with E-state index in [2.05, 4.69) is 41.5 Å². The molecule has 0 unspecified atom stereocenters. The maximum Gasteiger partial charge on any atom is 0.00886 e. The molecule has 0 saturated carbocycles. The highest BCUT2D eigenvalue weighted by molar-refractivity contribution is 5.30. The van der Waals surface area contributed by atoms with Crippen LogP contribution < -0.4 is 5.32 Å². The summed E-state index contributed by atoms with van der Waals surface area (Å²) in [5.41, 5.74) is 3.11. The fraction of sp³-hybridized carbons (Fsp3) is 0.600. The summed E-state index contributed by atoms with van der Waals surface area (Å²) in [6.45, 7) is 4.83. The number of rotatable bonds is 2. The Morgan fingerprint density at radius 3 is 2.29 bits per heavy atom. The van der Waals surface area contributed by atoms with E-state index in [0.29, 0.717) is 0 Å². The number of nitrogens with zero attached hydrogens (tertiary/aromatic N) is 1. The van der Waals surface area contributed by atoms with Crippen LogP contribution in [0, 0.1) is 0 Å². The van der Waals surface area contributed by atoms with Gasteiger partial charge >= 0.3 is 0 Å². The number of hydrogen-bond donors (Lipinski definition) is 1. The predicted octanol–water partition coefficient (Wildman–Crippen LogP) is 2.18. The second-order valence-electron chi connectivity index (χ2n) is 5.60. The van der Waals surface area contributed by atoms with Gasteiger partial charge in [-0.15, -0.1) is 0 Å². The van der Waals surface area contributed by atoms with E-state index < -0.39 is 0 Å². The molecular formula is C15H22N2. The molecule has 0 aromatic heterocycles. The normalized spacial score (nSPS) is 23.6. The summed E-state index contributed by atoms with van der Waals surface area (Å²) in [4.78, 5) is 2.44. The third kappa shape index (κ3) is 2.38. The van der Waals surface area contributed by atoms with Crippen LogP contribution in [0.15, 0.2) is 24.3 Å². The van der Waals surface area contributed by atoms with Gasteiger partial charge in [0.05, 0.1) is 0 Å². The van der Waals surface area contributed by atoms with E-state index in [0.717, 1.165) is 24.9 Å². The second-order valence-corrected chi connectivity index (χ2v) is 5.60. The molecule has 0 atom stereocenters. The fourth-order valence-corrected chi connectivity index (χ4v) is 2.93. The highest BCUT2D eigenvalue weighted by Crippen LogP contribution is 2.30. The molecule has 17 heavy (non-hydrogen) atoms. The number of nitrogens with one attached hydrogen (secondary N) is 1. The van der Waals surface area contributed by atoms with Crippen LogP contribution in [-0.2, 0) is 0 Å². The first kappa shape index (κ1) is 11.2. The minimum Gasteiger partial charge on any atom is -0.315 e. The number of likely N-dealkylation sites (tertiary alicyclic amines) is 1. The van der Waals surface area contributed by atoms with Crippen molar-refractivity contribution in [1.29, 1.82) is 0 Å². The third-order valence-corrected chi connectivity index (χ3v) is 4.35. The zero-order chi connectivity index (χ0) is 11.7. The first-order valence-corrected chi connectivity index (χ1v) is 6.82. The summed E-state index contributed by atoms with van der Waals surface area (Å²) in [7, 11) is 2.23. The summed E-state index contributed by atoms with van der Waals surface area (Å²) in [5, 5.41) is 3.36. The Hall–Kier alpha value is -0.860. The van der Waals surface area contributed by atoms with Crippen LogP contribution in [0.1, 0.15) is 35.8 Å². The van der Waals surface area contributed by atoms with Gasteiger partial charge in [0.15, 0.2) is 0 Å².